The van der Waals surface area contributed by atoms with Crippen molar-refractivity contribution in [3.05, 3.63) is 77.7 Å². The van der Waals surface area contributed by atoms with Crippen molar-refractivity contribution in [3.63, 3.8) is 0 Å². The Kier molecular flexibility index (Phi) is 4.83. The molecule has 0 saturated heterocycles. The second-order valence-corrected chi connectivity index (χ2v) is 11.2. The fourth-order valence-electron chi connectivity index (χ4n) is 5.40. The van der Waals surface area contributed by atoms with Crippen LogP contribution < -0.4 is 0 Å². The fourth-order valence-corrected chi connectivity index (χ4v) is 5.40. The van der Waals surface area contributed by atoms with Crippen LogP contribution in [0.15, 0.2) is 69.6 Å². The number of pyridine rings is 1. The van der Waals surface area contributed by atoms with Gasteiger partial charge in [0.1, 0.15) is 22.6 Å². The molecular weight excluding hydrogens is 430 g/mol. The molecule has 0 N–H and O–H groups in total. The minimum atomic E-state index is 0.00649. The van der Waals surface area contributed by atoms with Crippen molar-refractivity contribution in [2.75, 3.05) is 0 Å². The van der Waals surface area contributed by atoms with E-state index in [1.165, 1.54) is 27.3 Å². The van der Waals surface area contributed by atoms with Gasteiger partial charge < -0.3 is 8.83 Å². The first-order valence-electron chi connectivity index (χ1n) is 12.5. The van der Waals surface area contributed by atoms with Crippen LogP contribution in [0.3, 0.4) is 0 Å². The number of hydrogen-bond donors (Lipinski definition) is 0. The summed E-state index contributed by atoms with van der Waals surface area (Å²) >= 11 is 0. The lowest BCUT2D eigenvalue weighted by Crippen LogP contribution is -2.12. The first kappa shape index (κ1) is 21.9. The Morgan fingerprint density at radius 1 is 0.829 bits per heavy atom. The van der Waals surface area contributed by atoms with Gasteiger partial charge in [-0.05, 0) is 65.3 Å². The summed E-state index contributed by atoms with van der Waals surface area (Å²) in [7, 11) is 0. The highest BCUT2D eigenvalue weighted by atomic mass is 16.3. The van der Waals surface area contributed by atoms with Gasteiger partial charge in [-0.15, -0.1) is 0 Å². The van der Waals surface area contributed by atoms with Gasteiger partial charge >= 0.3 is 0 Å². The highest BCUT2D eigenvalue weighted by Crippen LogP contribution is 2.40. The van der Waals surface area contributed by atoms with E-state index < -0.39 is 0 Å². The average Bonchev–Trinajstić information content (AvgIpc) is 3.32. The van der Waals surface area contributed by atoms with Gasteiger partial charge in [0.25, 0.3) is 0 Å². The summed E-state index contributed by atoms with van der Waals surface area (Å²) < 4.78 is 12.6. The molecule has 6 aromatic rings. The van der Waals surface area contributed by atoms with Gasteiger partial charge in [0.15, 0.2) is 5.58 Å². The molecule has 3 aromatic carbocycles. The maximum Gasteiger partial charge on any atom is 0.161 e. The summed E-state index contributed by atoms with van der Waals surface area (Å²) in [4.78, 5) is 4.81. The van der Waals surface area contributed by atoms with Gasteiger partial charge in [0.2, 0.25) is 0 Å². The Labute approximate surface area is 205 Å². The third kappa shape index (κ3) is 3.53. The van der Waals surface area contributed by atoms with E-state index in [0.717, 1.165) is 51.0 Å². The SMILES string of the molecule is Cc1oc2cc3oc4c(-c5cc(C(C)(C)C)c6ccccc6c5)nccc4c3cc2c1CC(C)C. The lowest BCUT2D eigenvalue weighted by molar-refractivity contribution is 0.559. The first-order valence-corrected chi connectivity index (χ1v) is 12.5. The second kappa shape index (κ2) is 7.71. The topological polar surface area (TPSA) is 39.2 Å². The molecule has 6 rings (SSSR count). The molecule has 176 valence electrons. The molecule has 3 heterocycles. The second-order valence-electron chi connectivity index (χ2n) is 11.2. The Morgan fingerprint density at radius 3 is 2.37 bits per heavy atom. The van der Waals surface area contributed by atoms with E-state index >= 15 is 0 Å². The molecule has 0 saturated carbocycles. The molecule has 0 spiro atoms. The van der Waals surface area contributed by atoms with Crippen molar-refractivity contribution < 1.29 is 8.83 Å². The van der Waals surface area contributed by atoms with Crippen LogP contribution in [-0.4, -0.2) is 4.98 Å². The van der Waals surface area contributed by atoms with Crippen LogP contribution >= 0.6 is 0 Å². The van der Waals surface area contributed by atoms with Gasteiger partial charge in [0.05, 0.1) is 0 Å². The number of aryl methyl sites for hydroxylation is 1. The highest BCUT2D eigenvalue weighted by molar-refractivity contribution is 6.12. The zero-order valence-electron chi connectivity index (χ0n) is 21.3. The zero-order valence-corrected chi connectivity index (χ0v) is 21.3. The summed E-state index contributed by atoms with van der Waals surface area (Å²) in [6.45, 7) is 13.3. The number of benzene rings is 3. The molecule has 3 nitrogen and oxygen atoms in total. The minimum Gasteiger partial charge on any atom is -0.461 e. The Morgan fingerprint density at radius 2 is 1.60 bits per heavy atom. The molecule has 0 amide bonds. The smallest absolute Gasteiger partial charge is 0.161 e. The highest BCUT2D eigenvalue weighted by Gasteiger charge is 2.22. The third-order valence-electron chi connectivity index (χ3n) is 7.06. The largest absolute Gasteiger partial charge is 0.461 e. The maximum absolute atomic E-state index is 6.49. The van der Waals surface area contributed by atoms with Crippen molar-refractivity contribution in [2.24, 2.45) is 5.92 Å². The quantitative estimate of drug-likeness (QED) is 0.263. The fraction of sp³-hybridized carbons (Fsp3) is 0.281. The molecule has 0 aliphatic rings. The molecule has 35 heavy (non-hydrogen) atoms. The Bertz CT molecular complexity index is 1740. The van der Waals surface area contributed by atoms with Gasteiger partial charge in [-0.3, -0.25) is 4.98 Å². The standard InChI is InChI=1S/C32H31NO2/c1-18(2)13-24-19(3)34-28-17-29-25(16-26(24)28)23-11-12-33-30(31(23)35-29)21-14-20-9-7-8-10-22(20)27(15-21)32(4,5)6/h7-12,14-18H,13H2,1-6H3. The van der Waals surface area contributed by atoms with E-state index in [0.29, 0.717) is 5.92 Å². The van der Waals surface area contributed by atoms with Gasteiger partial charge in [-0.1, -0.05) is 58.9 Å². The van der Waals surface area contributed by atoms with E-state index in [1.54, 1.807) is 0 Å². The normalized spacial score (nSPS) is 12.7. The van der Waals surface area contributed by atoms with Crippen LogP contribution in [0.2, 0.25) is 0 Å². The predicted molar refractivity (Wildman–Crippen MR) is 146 cm³/mol. The van der Waals surface area contributed by atoms with Crippen LogP contribution in [-0.2, 0) is 11.8 Å². The van der Waals surface area contributed by atoms with Crippen LogP contribution in [0.25, 0.3) is 54.9 Å². The Balaban J connectivity index is 1.62. The number of nitrogens with zero attached hydrogens (tertiary/aromatic N) is 1. The molecule has 0 aliphatic carbocycles. The van der Waals surface area contributed by atoms with Crippen molar-refractivity contribution >= 4 is 43.7 Å². The summed E-state index contributed by atoms with van der Waals surface area (Å²) in [6.07, 6.45) is 2.90. The molecule has 0 bridgehead atoms. The first-order chi connectivity index (χ1) is 16.7. The monoisotopic (exact) mass is 461 g/mol. The average molecular weight is 462 g/mol. The molecule has 3 heteroatoms. The van der Waals surface area contributed by atoms with Crippen LogP contribution in [0, 0.1) is 12.8 Å². The van der Waals surface area contributed by atoms with E-state index in [2.05, 4.69) is 90.1 Å². The van der Waals surface area contributed by atoms with Crippen molar-refractivity contribution in [1.29, 1.82) is 0 Å². The molecule has 0 radical (unpaired) electrons. The molecular formula is C32H31NO2. The summed E-state index contributed by atoms with van der Waals surface area (Å²) in [5, 5.41) is 5.89. The van der Waals surface area contributed by atoms with Crippen LogP contribution in [0.4, 0.5) is 0 Å². The zero-order chi connectivity index (χ0) is 24.5. The van der Waals surface area contributed by atoms with Crippen LogP contribution in [0.1, 0.15) is 51.5 Å². The van der Waals surface area contributed by atoms with Crippen molar-refractivity contribution in [1.82, 2.24) is 4.98 Å². The van der Waals surface area contributed by atoms with E-state index in [-0.39, 0.29) is 5.41 Å². The minimum absolute atomic E-state index is 0.00649. The lowest BCUT2D eigenvalue weighted by atomic mass is 9.82. The van der Waals surface area contributed by atoms with Gasteiger partial charge in [-0.25, -0.2) is 0 Å². The molecule has 0 aliphatic heterocycles. The van der Waals surface area contributed by atoms with E-state index in [9.17, 15) is 0 Å². The van der Waals surface area contributed by atoms with E-state index in [4.69, 9.17) is 13.8 Å². The lowest BCUT2D eigenvalue weighted by Gasteiger charge is -2.22. The summed E-state index contributed by atoms with van der Waals surface area (Å²) in [6, 6.07) is 19.5. The number of hydrogen-bond acceptors (Lipinski definition) is 3. The van der Waals surface area contributed by atoms with Crippen molar-refractivity contribution in [3.8, 4) is 11.3 Å². The maximum atomic E-state index is 6.49. The molecule has 3 aromatic heterocycles. The third-order valence-corrected chi connectivity index (χ3v) is 7.06. The van der Waals surface area contributed by atoms with E-state index in [1.807, 2.05) is 12.3 Å². The number of rotatable bonds is 3. The summed E-state index contributed by atoms with van der Waals surface area (Å²) in [5.41, 5.74) is 7.13. The van der Waals surface area contributed by atoms with Crippen LogP contribution in [0.5, 0.6) is 0 Å². The number of aromatic nitrogens is 1. The van der Waals surface area contributed by atoms with Gasteiger partial charge in [0, 0.05) is 39.5 Å². The molecule has 0 unspecified atom stereocenters. The number of furan rings is 2. The molecule has 0 fully saturated rings. The molecule has 0 atom stereocenters. The predicted octanol–water partition coefficient (Wildman–Crippen LogP) is 9.35. The van der Waals surface area contributed by atoms with Crippen molar-refractivity contribution in [2.45, 2.75) is 53.4 Å². The summed E-state index contributed by atoms with van der Waals surface area (Å²) in [5.74, 6) is 1.56. The Hall–Kier alpha value is -3.59. The number of fused-ring (bicyclic) bond motifs is 5. The van der Waals surface area contributed by atoms with Gasteiger partial charge in [-0.2, -0.15) is 0 Å².